The van der Waals surface area contributed by atoms with Crippen LogP contribution < -0.4 is 4.72 Å². The van der Waals surface area contributed by atoms with Crippen molar-refractivity contribution in [3.63, 3.8) is 0 Å². The van der Waals surface area contributed by atoms with Crippen LogP contribution in [0.2, 0.25) is 0 Å². The summed E-state index contributed by atoms with van der Waals surface area (Å²) in [7, 11) is -3.66. The van der Waals surface area contributed by atoms with Crippen molar-refractivity contribution in [3.05, 3.63) is 65.7 Å². The minimum absolute atomic E-state index is 0.122. The molecular formula is C13H11NO3S. The Morgan fingerprint density at radius 3 is 2.28 bits per heavy atom. The van der Waals surface area contributed by atoms with E-state index in [1.54, 1.807) is 42.5 Å². The quantitative estimate of drug-likeness (QED) is 0.810. The van der Waals surface area contributed by atoms with Crippen LogP contribution in [0.4, 0.5) is 0 Å². The maximum absolute atomic E-state index is 12.0. The maximum Gasteiger partial charge on any atom is 0.243 e. The highest BCUT2D eigenvalue weighted by Crippen LogP contribution is 2.38. The number of hydrogen-bond donors (Lipinski definition) is 2. The monoisotopic (exact) mass is 261 g/mol. The van der Waals surface area contributed by atoms with E-state index in [0.29, 0.717) is 11.1 Å². The zero-order valence-corrected chi connectivity index (χ0v) is 10.2. The van der Waals surface area contributed by atoms with Crippen molar-refractivity contribution in [2.45, 2.75) is 10.6 Å². The van der Waals surface area contributed by atoms with Gasteiger partial charge in [0.25, 0.3) is 0 Å². The highest BCUT2D eigenvalue weighted by atomic mass is 32.2. The standard InChI is InChI=1S/C13H11NO3S/c15-13(10-6-2-1-3-7-10)11-8-4-5-9-12(11)18(16,17)14-13/h1-9,14-15H. The van der Waals surface area contributed by atoms with E-state index in [9.17, 15) is 13.5 Å². The smallest absolute Gasteiger partial charge is 0.243 e. The third-order valence-corrected chi connectivity index (χ3v) is 4.54. The fourth-order valence-electron chi connectivity index (χ4n) is 2.20. The molecule has 0 saturated carbocycles. The van der Waals surface area contributed by atoms with Gasteiger partial charge in [0.15, 0.2) is 5.72 Å². The lowest BCUT2D eigenvalue weighted by molar-refractivity contribution is 0.0725. The minimum atomic E-state index is -3.66. The van der Waals surface area contributed by atoms with Gasteiger partial charge in [-0.25, -0.2) is 8.42 Å². The van der Waals surface area contributed by atoms with Crippen molar-refractivity contribution in [1.82, 2.24) is 4.72 Å². The molecule has 0 spiro atoms. The summed E-state index contributed by atoms with van der Waals surface area (Å²) in [5.41, 5.74) is -0.828. The van der Waals surface area contributed by atoms with E-state index in [0.717, 1.165) is 0 Å². The van der Waals surface area contributed by atoms with E-state index in [1.165, 1.54) is 6.07 Å². The summed E-state index contributed by atoms with van der Waals surface area (Å²) >= 11 is 0. The van der Waals surface area contributed by atoms with Crippen molar-refractivity contribution in [2.24, 2.45) is 0 Å². The van der Waals surface area contributed by atoms with Gasteiger partial charge < -0.3 is 5.11 Å². The lowest BCUT2D eigenvalue weighted by atomic mass is 9.95. The van der Waals surface area contributed by atoms with Crippen LogP contribution in [0.15, 0.2) is 59.5 Å². The first-order chi connectivity index (χ1) is 8.54. The van der Waals surface area contributed by atoms with Crippen LogP contribution in [0.1, 0.15) is 11.1 Å². The molecule has 0 saturated heterocycles. The summed E-state index contributed by atoms with van der Waals surface area (Å²) in [4.78, 5) is 0.122. The zero-order valence-electron chi connectivity index (χ0n) is 9.37. The second-order valence-electron chi connectivity index (χ2n) is 4.18. The number of nitrogens with one attached hydrogen (secondary N) is 1. The molecule has 1 unspecified atom stereocenters. The largest absolute Gasteiger partial charge is 0.367 e. The molecule has 3 rings (SSSR count). The average Bonchev–Trinajstić information content (AvgIpc) is 2.60. The highest BCUT2D eigenvalue weighted by Gasteiger charge is 2.46. The minimum Gasteiger partial charge on any atom is -0.367 e. The Hall–Kier alpha value is -1.69. The third kappa shape index (κ3) is 1.49. The first kappa shape index (κ1) is 11.4. The number of aliphatic hydroxyl groups is 1. The molecule has 1 atom stereocenters. The van der Waals surface area contributed by atoms with Crippen LogP contribution >= 0.6 is 0 Å². The van der Waals surface area contributed by atoms with Crippen molar-refractivity contribution in [1.29, 1.82) is 0 Å². The fourth-order valence-corrected chi connectivity index (χ4v) is 3.69. The van der Waals surface area contributed by atoms with Crippen molar-refractivity contribution in [2.75, 3.05) is 0 Å². The molecular weight excluding hydrogens is 250 g/mol. The number of sulfonamides is 1. The number of fused-ring (bicyclic) bond motifs is 1. The maximum atomic E-state index is 12.0. The molecule has 4 nitrogen and oxygen atoms in total. The highest BCUT2D eigenvalue weighted by molar-refractivity contribution is 7.89. The van der Waals surface area contributed by atoms with Gasteiger partial charge in [0, 0.05) is 11.1 Å². The predicted molar refractivity (Wildman–Crippen MR) is 66.2 cm³/mol. The molecule has 0 bridgehead atoms. The molecule has 2 aromatic rings. The zero-order chi connectivity index (χ0) is 12.8. The molecule has 0 fully saturated rings. The van der Waals surface area contributed by atoms with Crippen LogP contribution in [-0.2, 0) is 15.7 Å². The Kier molecular flexibility index (Phi) is 2.31. The van der Waals surface area contributed by atoms with Gasteiger partial charge in [-0.05, 0) is 6.07 Å². The van der Waals surface area contributed by atoms with Crippen LogP contribution in [0.5, 0.6) is 0 Å². The molecule has 2 N–H and O–H groups in total. The first-order valence-corrected chi connectivity index (χ1v) is 6.94. The summed E-state index contributed by atoms with van der Waals surface area (Å²) in [5.74, 6) is 0. The SMILES string of the molecule is O=S1(=O)NC(O)(c2ccccc2)c2ccccc21. The van der Waals surface area contributed by atoms with Crippen LogP contribution in [0.25, 0.3) is 0 Å². The van der Waals surface area contributed by atoms with Crippen LogP contribution in [0, 0.1) is 0 Å². The molecule has 0 aromatic heterocycles. The molecule has 0 amide bonds. The van der Waals surface area contributed by atoms with Gasteiger partial charge >= 0.3 is 0 Å². The van der Waals surface area contributed by atoms with Gasteiger partial charge in [0.05, 0.1) is 4.90 Å². The van der Waals surface area contributed by atoms with E-state index < -0.39 is 15.7 Å². The summed E-state index contributed by atoms with van der Waals surface area (Å²) in [6.45, 7) is 0. The van der Waals surface area contributed by atoms with Crippen molar-refractivity contribution < 1.29 is 13.5 Å². The van der Waals surface area contributed by atoms with Crippen molar-refractivity contribution >= 4 is 10.0 Å². The van der Waals surface area contributed by atoms with Gasteiger partial charge in [-0.3, -0.25) is 0 Å². The second-order valence-corrected chi connectivity index (χ2v) is 5.83. The van der Waals surface area contributed by atoms with Gasteiger partial charge in [-0.1, -0.05) is 48.5 Å². The Labute approximate surface area is 105 Å². The van der Waals surface area contributed by atoms with E-state index in [2.05, 4.69) is 4.72 Å². The summed E-state index contributed by atoms with van der Waals surface area (Å²) in [5, 5.41) is 10.7. The predicted octanol–water partition coefficient (Wildman–Crippen LogP) is 1.17. The number of rotatable bonds is 1. The Balaban J connectivity index is 2.29. The third-order valence-electron chi connectivity index (χ3n) is 3.04. The molecule has 18 heavy (non-hydrogen) atoms. The fraction of sp³-hybridized carbons (Fsp3) is 0.0769. The lowest BCUT2D eigenvalue weighted by Gasteiger charge is -2.23. The Morgan fingerprint density at radius 1 is 0.944 bits per heavy atom. The molecule has 0 aliphatic carbocycles. The van der Waals surface area contributed by atoms with Gasteiger partial charge in [0.1, 0.15) is 0 Å². The molecule has 2 aromatic carbocycles. The van der Waals surface area contributed by atoms with Gasteiger partial charge in [-0.2, -0.15) is 4.72 Å². The molecule has 5 heteroatoms. The summed E-state index contributed by atoms with van der Waals surface area (Å²) in [6.07, 6.45) is 0. The van der Waals surface area contributed by atoms with Crippen molar-refractivity contribution in [3.8, 4) is 0 Å². The normalized spacial score (nSPS) is 24.7. The molecule has 1 heterocycles. The molecule has 1 aliphatic rings. The molecule has 1 aliphatic heterocycles. The second kappa shape index (κ2) is 3.65. The average molecular weight is 261 g/mol. The number of benzene rings is 2. The van der Waals surface area contributed by atoms with E-state index in [-0.39, 0.29) is 4.90 Å². The van der Waals surface area contributed by atoms with E-state index in [1.807, 2.05) is 6.07 Å². The van der Waals surface area contributed by atoms with E-state index >= 15 is 0 Å². The number of hydrogen-bond acceptors (Lipinski definition) is 3. The molecule has 0 radical (unpaired) electrons. The Bertz CT molecular complexity index is 697. The lowest BCUT2D eigenvalue weighted by Crippen LogP contribution is -2.40. The van der Waals surface area contributed by atoms with Gasteiger partial charge in [-0.15, -0.1) is 0 Å². The van der Waals surface area contributed by atoms with Gasteiger partial charge in [0.2, 0.25) is 10.0 Å². The van der Waals surface area contributed by atoms with Crippen LogP contribution in [0.3, 0.4) is 0 Å². The van der Waals surface area contributed by atoms with Crippen LogP contribution in [-0.4, -0.2) is 13.5 Å². The summed E-state index contributed by atoms with van der Waals surface area (Å²) < 4.78 is 26.3. The topological polar surface area (TPSA) is 66.4 Å². The van der Waals surface area contributed by atoms with E-state index in [4.69, 9.17) is 0 Å². The molecule has 92 valence electrons. The summed E-state index contributed by atoms with van der Waals surface area (Å²) in [6, 6.07) is 15.1. The first-order valence-electron chi connectivity index (χ1n) is 5.45. The Morgan fingerprint density at radius 2 is 1.56 bits per heavy atom.